The Hall–Kier alpha value is 0.310. The van der Waals surface area contributed by atoms with Crippen molar-refractivity contribution < 1.29 is 4.18 Å². The minimum Gasteiger partial charge on any atom is -0.318 e. The molecule has 0 heterocycles. The van der Waals surface area contributed by atoms with Crippen molar-refractivity contribution in [2.24, 2.45) is 11.8 Å². The number of thiol groups is 1. The molecule has 2 unspecified atom stereocenters. The van der Waals surface area contributed by atoms with Gasteiger partial charge in [0, 0.05) is 0 Å². The largest absolute Gasteiger partial charge is 0.318 e. The Labute approximate surface area is 75.1 Å². The number of hydrogen-bond donors (Lipinski definition) is 1. The molecular formula is C9H18OS. The van der Waals surface area contributed by atoms with Gasteiger partial charge >= 0.3 is 0 Å². The van der Waals surface area contributed by atoms with Crippen LogP contribution >= 0.6 is 12.9 Å². The zero-order chi connectivity index (χ0) is 8.10. The summed E-state index contributed by atoms with van der Waals surface area (Å²) in [6, 6.07) is 0. The standard InChI is InChI=1S/C9H18OS/c1-2-8-5-3-4-6-9(8)7-10-11/h8-9,11H,2-7H2,1H3. The van der Waals surface area contributed by atoms with E-state index in [2.05, 4.69) is 19.8 Å². The monoisotopic (exact) mass is 174 g/mol. The van der Waals surface area contributed by atoms with Gasteiger partial charge in [-0.1, -0.05) is 32.6 Å². The van der Waals surface area contributed by atoms with Crippen LogP contribution in [0.1, 0.15) is 39.0 Å². The predicted molar refractivity (Wildman–Crippen MR) is 50.7 cm³/mol. The van der Waals surface area contributed by atoms with Crippen LogP contribution in [-0.4, -0.2) is 6.61 Å². The van der Waals surface area contributed by atoms with E-state index >= 15 is 0 Å². The van der Waals surface area contributed by atoms with Gasteiger partial charge in [-0.2, -0.15) is 0 Å². The molecule has 0 aromatic rings. The highest BCUT2D eigenvalue weighted by molar-refractivity contribution is 7.75. The van der Waals surface area contributed by atoms with Crippen molar-refractivity contribution in [2.45, 2.75) is 39.0 Å². The Kier molecular flexibility index (Phi) is 4.31. The van der Waals surface area contributed by atoms with E-state index in [0.29, 0.717) is 0 Å². The first-order chi connectivity index (χ1) is 5.38. The highest BCUT2D eigenvalue weighted by Gasteiger charge is 2.23. The first kappa shape index (κ1) is 9.40. The lowest BCUT2D eigenvalue weighted by atomic mass is 9.78. The molecule has 0 aliphatic heterocycles. The third kappa shape index (κ3) is 2.68. The average molecular weight is 174 g/mol. The molecule has 0 amide bonds. The molecule has 0 spiro atoms. The van der Waals surface area contributed by atoms with Gasteiger partial charge < -0.3 is 4.18 Å². The Morgan fingerprint density at radius 3 is 2.45 bits per heavy atom. The zero-order valence-corrected chi connectivity index (χ0v) is 8.15. The summed E-state index contributed by atoms with van der Waals surface area (Å²) in [4.78, 5) is 0. The third-order valence-corrected chi connectivity index (χ3v) is 3.03. The van der Waals surface area contributed by atoms with E-state index < -0.39 is 0 Å². The van der Waals surface area contributed by atoms with Crippen LogP contribution in [0.5, 0.6) is 0 Å². The summed E-state index contributed by atoms with van der Waals surface area (Å²) >= 11 is 3.81. The predicted octanol–water partition coefficient (Wildman–Crippen LogP) is 3.06. The van der Waals surface area contributed by atoms with Crippen LogP contribution in [0.25, 0.3) is 0 Å². The SMILES string of the molecule is CCC1CCCCC1COS. The molecule has 0 aromatic carbocycles. The van der Waals surface area contributed by atoms with E-state index in [1.54, 1.807) is 0 Å². The molecule has 0 bridgehead atoms. The zero-order valence-electron chi connectivity index (χ0n) is 7.25. The molecule has 0 radical (unpaired) electrons. The lowest BCUT2D eigenvalue weighted by Gasteiger charge is -2.29. The van der Waals surface area contributed by atoms with Crippen molar-refractivity contribution in [3.8, 4) is 0 Å². The second-order valence-corrected chi connectivity index (χ2v) is 3.77. The minimum absolute atomic E-state index is 0.784. The molecular weight excluding hydrogens is 156 g/mol. The molecule has 0 aromatic heterocycles. The first-order valence-electron chi connectivity index (χ1n) is 4.64. The number of rotatable bonds is 3. The van der Waals surface area contributed by atoms with E-state index in [1.807, 2.05) is 0 Å². The highest BCUT2D eigenvalue weighted by atomic mass is 32.1. The van der Waals surface area contributed by atoms with Crippen molar-refractivity contribution in [3.05, 3.63) is 0 Å². The number of hydrogen-bond acceptors (Lipinski definition) is 2. The average Bonchev–Trinajstić information content (AvgIpc) is 2.06. The van der Waals surface area contributed by atoms with Gasteiger partial charge in [0.05, 0.1) is 6.61 Å². The van der Waals surface area contributed by atoms with E-state index in [-0.39, 0.29) is 0 Å². The van der Waals surface area contributed by atoms with Crippen molar-refractivity contribution >= 4 is 12.9 Å². The van der Waals surface area contributed by atoms with Gasteiger partial charge in [-0.05, 0) is 31.2 Å². The molecule has 66 valence electrons. The van der Waals surface area contributed by atoms with Crippen molar-refractivity contribution in [1.29, 1.82) is 0 Å². The molecule has 11 heavy (non-hydrogen) atoms. The van der Waals surface area contributed by atoms with Crippen molar-refractivity contribution in [3.63, 3.8) is 0 Å². The summed E-state index contributed by atoms with van der Waals surface area (Å²) in [5.41, 5.74) is 0. The first-order valence-corrected chi connectivity index (χ1v) is 5.01. The topological polar surface area (TPSA) is 9.23 Å². The second kappa shape index (κ2) is 5.04. The van der Waals surface area contributed by atoms with Crippen LogP contribution < -0.4 is 0 Å². The van der Waals surface area contributed by atoms with Crippen LogP contribution in [0.3, 0.4) is 0 Å². The maximum absolute atomic E-state index is 4.91. The quantitative estimate of drug-likeness (QED) is 0.511. The minimum atomic E-state index is 0.784. The van der Waals surface area contributed by atoms with Crippen molar-refractivity contribution in [1.82, 2.24) is 0 Å². The smallest absolute Gasteiger partial charge is 0.0641 e. The van der Waals surface area contributed by atoms with Crippen LogP contribution in [0.15, 0.2) is 0 Å². The van der Waals surface area contributed by atoms with Crippen LogP contribution in [0.2, 0.25) is 0 Å². The van der Waals surface area contributed by atoms with E-state index in [4.69, 9.17) is 4.18 Å². The maximum atomic E-state index is 4.91. The maximum Gasteiger partial charge on any atom is 0.0641 e. The van der Waals surface area contributed by atoms with Gasteiger partial charge in [0.15, 0.2) is 0 Å². The van der Waals surface area contributed by atoms with Gasteiger partial charge in [-0.25, -0.2) is 0 Å². The van der Waals surface area contributed by atoms with E-state index in [9.17, 15) is 0 Å². The normalized spacial score (nSPS) is 32.2. The summed E-state index contributed by atoms with van der Waals surface area (Å²) in [5, 5.41) is 0. The summed E-state index contributed by atoms with van der Waals surface area (Å²) in [6.45, 7) is 3.13. The van der Waals surface area contributed by atoms with Crippen LogP contribution in [0.4, 0.5) is 0 Å². The second-order valence-electron chi connectivity index (χ2n) is 3.51. The van der Waals surface area contributed by atoms with E-state index in [1.165, 1.54) is 32.1 Å². The molecule has 1 aliphatic rings. The Morgan fingerprint density at radius 2 is 1.91 bits per heavy atom. The molecule has 1 nitrogen and oxygen atoms in total. The lowest BCUT2D eigenvalue weighted by Crippen LogP contribution is -2.22. The highest BCUT2D eigenvalue weighted by Crippen LogP contribution is 2.32. The molecule has 1 saturated carbocycles. The van der Waals surface area contributed by atoms with Gasteiger partial charge in [0.25, 0.3) is 0 Å². The fourth-order valence-corrected chi connectivity index (χ4v) is 2.33. The van der Waals surface area contributed by atoms with Crippen LogP contribution in [-0.2, 0) is 4.18 Å². The molecule has 0 saturated heterocycles. The summed E-state index contributed by atoms with van der Waals surface area (Å²) < 4.78 is 4.91. The van der Waals surface area contributed by atoms with Crippen molar-refractivity contribution in [2.75, 3.05) is 6.61 Å². The molecule has 1 fully saturated rings. The Balaban J connectivity index is 2.31. The van der Waals surface area contributed by atoms with Gasteiger partial charge in [-0.15, -0.1) is 0 Å². The molecule has 0 N–H and O–H groups in total. The Bertz CT molecular complexity index is 104. The van der Waals surface area contributed by atoms with Gasteiger partial charge in [0.2, 0.25) is 0 Å². The summed E-state index contributed by atoms with van der Waals surface area (Å²) in [7, 11) is 0. The summed E-state index contributed by atoms with van der Waals surface area (Å²) in [6.07, 6.45) is 6.86. The summed E-state index contributed by atoms with van der Waals surface area (Å²) in [5.74, 6) is 1.68. The molecule has 1 aliphatic carbocycles. The fourth-order valence-electron chi connectivity index (χ4n) is 2.14. The van der Waals surface area contributed by atoms with E-state index in [0.717, 1.165) is 18.4 Å². The molecule has 1 rings (SSSR count). The van der Waals surface area contributed by atoms with Gasteiger partial charge in [0.1, 0.15) is 0 Å². The third-order valence-electron chi connectivity index (χ3n) is 2.88. The lowest BCUT2D eigenvalue weighted by molar-refractivity contribution is 0.163. The van der Waals surface area contributed by atoms with Crippen LogP contribution in [0, 0.1) is 11.8 Å². The molecule has 2 atom stereocenters. The van der Waals surface area contributed by atoms with Gasteiger partial charge in [-0.3, -0.25) is 0 Å². The molecule has 2 heteroatoms. The Morgan fingerprint density at radius 1 is 1.27 bits per heavy atom. The fraction of sp³-hybridized carbons (Fsp3) is 1.00.